The third kappa shape index (κ3) is 3.76. The van der Waals surface area contributed by atoms with Crippen LogP contribution in [0.2, 0.25) is 0 Å². The summed E-state index contributed by atoms with van der Waals surface area (Å²) in [4.78, 5) is 29.8. The summed E-state index contributed by atoms with van der Waals surface area (Å²) in [6.45, 7) is 0. The Bertz CT molecular complexity index is 1420. The minimum absolute atomic E-state index is 0.0507. The minimum Gasteiger partial charge on any atom is -0.326 e. The van der Waals surface area contributed by atoms with Gasteiger partial charge in [-0.05, 0) is 60.5 Å². The molecule has 1 N–H and O–H groups in total. The Labute approximate surface area is 185 Å². The van der Waals surface area contributed by atoms with Crippen molar-refractivity contribution in [2.45, 2.75) is 12.8 Å². The summed E-state index contributed by atoms with van der Waals surface area (Å²) in [6.07, 6.45) is 4.50. The van der Waals surface area contributed by atoms with Crippen LogP contribution in [0.3, 0.4) is 0 Å². The number of benzene rings is 3. The molecule has 0 saturated heterocycles. The van der Waals surface area contributed by atoms with E-state index >= 15 is 0 Å². The van der Waals surface area contributed by atoms with Crippen molar-refractivity contribution >= 4 is 39.3 Å². The summed E-state index contributed by atoms with van der Waals surface area (Å²) < 4.78 is 1.75. The molecule has 0 spiro atoms. The van der Waals surface area contributed by atoms with Crippen LogP contribution in [0.1, 0.15) is 22.3 Å². The molecule has 1 amide bonds. The standard InChI is InChI=1S/C27H21N3O2/c31-26(13-10-19-14-16-28-17-15-19)29-21-11-12-25-23(18-21)22-8-4-5-9-24(22)30(25)27(32)20-6-2-1-3-7-20/h1-9,11-12,14-18H,10,13H2,(H,29,31). The number of hydrogen-bond acceptors (Lipinski definition) is 3. The topological polar surface area (TPSA) is 64.0 Å². The molecule has 0 atom stereocenters. The zero-order valence-corrected chi connectivity index (χ0v) is 17.4. The van der Waals surface area contributed by atoms with Crippen molar-refractivity contribution in [2.24, 2.45) is 0 Å². The number of aromatic nitrogens is 2. The molecule has 5 aromatic rings. The van der Waals surface area contributed by atoms with Crippen LogP contribution >= 0.6 is 0 Å². The maximum Gasteiger partial charge on any atom is 0.262 e. The van der Waals surface area contributed by atoms with E-state index in [0.717, 1.165) is 27.4 Å². The number of fused-ring (bicyclic) bond motifs is 3. The number of para-hydroxylation sites is 1. The van der Waals surface area contributed by atoms with Crippen LogP contribution in [-0.2, 0) is 11.2 Å². The van der Waals surface area contributed by atoms with Crippen LogP contribution in [0.4, 0.5) is 5.69 Å². The van der Waals surface area contributed by atoms with Gasteiger partial charge in [0.2, 0.25) is 5.91 Å². The number of hydrogen-bond donors (Lipinski definition) is 1. The average molecular weight is 419 g/mol. The van der Waals surface area contributed by atoms with E-state index < -0.39 is 0 Å². The Kier molecular flexibility index (Phi) is 5.22. The van der Waals surface area contributed by atoms with E-state index in [1.54, 1.807) is 17.0 Å². The van der Waals surface area contributed by atoms with Crippen LogP contribution in [0.25, 0.3) is 21.8 Å². The normalized spacial score (nSPS) is 11.0. The molecule has 0 aliphatic rings. The molecule has 32 heavy (non-hydrogen) atoms. The van der Waals surface area contributed by atoms with Crippen molar-refractivity contribution in [2.75, 3.05) is 5.32 Å². The molecule has 5 nitrogen and oxygen atoms in total. The van der Waals surface area contributed by atoms with Crippen molar-refractivity contribution in [3.05, 3.63) is 108 Å². The molecule has 0 fully saturated rings. The molecule has 0 bridgehead atoms. The van der Waals surface area contributed by atoms with Gasteiger partial charge in [0.05, 0.1) is 11.0 Å². The van der Waals surface area contributed by atoms with Crippen molar-refractivity contribution in [1.29, 1.82) is 0 Å². The number of carbonyl (C=O) groups excluding carboxylic acids is 2. The van der Waals surface area contributed by atoms with Gasteiger partial charge in [-0.15, -0.1) is 0 Å². The molecule has 0 aliphatic carbocycles. The fourth-order valence-corrected chi connectivity index (χ4v) is 4.01. The fourth-order valence-electron chi connectivity index (χ4n) is 4.01. The first-order chi connectivity index (χ1) is 15.7. The molecule has 0 unspecified atom stereocenters. The molecular formula is C27H21N3O2. The summed E-state index contributed by atoms with van der Waals surface area (Å²) in [7, 11) is 0. The summed E-state index contributed by atoms with van der Waals surface area (Å²) >= 11 is 0. The second kappa shape index (κ2) is 8.47. The molecular weight excluding hydrogens is 398 g/mol. The quantitative estimate of drug-likeness (QED) is 0.412. The zero-order chi connectivity index (χ0) is 21.9. The maximum atomic E-state index is 13.3. The molecule has 5 rings (SSSR count). The molecule has 0 saturated carbocycles. The first-order valence-electron chi connectivity index (χ1n) is 10.5. The third-order valence-electron chi connectivity index (χ3n) is 5.57. The molecule has 2 aromatic heterocycles. The summed E-state index contributed by atoms with van der Waals surface area (Å²) in [6, 6.07) is 26.6. The van der Waals surface area contributed by atoms with Crippen LogP contribution in [-0.4, -0.2) is 21.4 Å². The Hall–Kier alpha value is -4.25. The van der Waals surface area contributed by atoms with Gasteiger partial charge in [-0.3, -0.25) is 19.1 Å². The monoisotopic (exact) mass is 419 g/mol. The lowest BCUT2D eigenvalue weighted by atomic mass is 10.1. The minimum atomic E-state index is -0.0778. The Balaban J connectivity index is 1.47. The van der Waals surface area contributed by atoms with E-state index in [4.69, 9.17) is 0 Å². The van der Waals surface area contributed by atoms with E-state index in [1.807, 2.05) is 84.9 Å². The number of aryl methyl sites for hydroxylation is 1. The van der Waals surface area contributed by atoms with E-state index in [0.29, 0.717) is 24.1 Å². The second-order valence-electron chi connectivity index (χ2n) is 7.66. The largest absolute Gasteiger partial charge is 0.326 e. The second-order valence-corrected chi connectivity index (χ2v) is 7.66. The Morgan fingerprint density at radius 2 is 1.50 bits per heavy atom. The number of carbonyl (C=O) groups is 2. The van der Waals surface area contributed by atoms with Crippen LogP contribution < -0.4 is 5.32 Å². The summed E-state index contributed by atoms with van der Waals surface area (Å²) in [5, 5.41) is 4.89. The van der Waals surface area contributed by atoms with Gasteiger partial charge in [0, 0.05) is 40.8 Å². The fraction of sp³-hybridized carbons (Fsp3) is 0.0741. The lowest BCUT2D eigenvalue weighted by Gasteiger charge is -2.08. The lowest BCUT2D eigenvalue weighted by molar-refractivity contribution is -0.116. The smallest absolute Gasteiger partial charge is 0.262 e. The van der Waals surface area contributed by atoms with E-state index in [2.05, 4.69) is 10.3 Å². The van der Waals surface area contributed by atoms with Crippen molar-refractivity contribution in [1.82, 2.24) is 9.55 Å². The number of nitrogens with zero attached hydrogens (tertiary/aromatic N) is 2. The van der Waals surface area contributed by atoms with Crippen molar-refractivity contribution in [3.63, 3.8) is 0 Å². The highest BCUT2D eigenvalue weighted by Crippen LogP contribution is 2.31. The molecule has 156 valence electrons. The van der Waals surface area contributed by atoms with Gasteiger partial charge >= 0.3 is 0 Å². The lowest BCUT2D eigenvalue weighted by Crippen LogP contribution is -2.13. The SMILES string of the molecule is O=C(CCc1ccncc1)Nc1ccc2c(c1)c1ccccc1n2C(=O)c1ccccc1. The average Bonchev–Trinajstić information content (AvgIpc) is 3.17. The third-order valence-corrected chi connectivity index (χ3v) is 5.57. The van der Waals surface area contributed by atoms with Gasteiger partial charge in [-0.1, -0.05) is 36.4 Å². The van der Waals surface area contributed by atoms with Gasteiger partial charge in [0.1, 0.15) is 0 Å². The molecule has 0 radical (unpaired) electrons. The molecule has 5 heteroatoms. The van der Waals surface area contributed by atoms with Crippen LogP contribution in [0.15, 0.2) is 97.3 Å². The predicted molar refractivity (Wildman–Crippen MR) is 127 cm³/mol. The number of pyridine rings is 1. The van der Waals surface area contributed by atoms with Crippen molar-refractivity contribution < 1.29 is 9.59 Å². The van der Waals surface area contributed by atoms with Gasteiger partial charge in [-0.25, -0.2) is 0 Å². The van der Waals surface area contributed by atoms with Gasteiger partial charge in [-0.2, -0.15) is 0 Å². The highest BCUT2D eigenvalue weighted by atomic mass is 16.2. The van der Waals surface area contributed by atoms with E-state index in [1.165, 1.54) is 0 Å². The molecule has 0 aliphatic heterocycles. The summed E-state index contributed by atoms with van der Waals surface area (Å²) in [5.74, 6) is -0.129. The van der Waals surface area contributed by atoms with Crippen LogP contribution in [0, 0.1) is 0 Å². The first kappa shape index (κ1) is 19.7. The Morgan fingerprint density at radius 3 is 2.31 bits per heavy atom. The zero-order valence-electron chi connectivity index (χ0n) is 17.4. The number of anilines is 1. The number of rotatable bonds is 5. The van der Waals surface area contributed by atoms with Crippen LogP contribution in [0.5, 0.6) is 0 Å². The highest BCUT2D eigenvalue weighted by Gasteiger charge is 2.17. The summed E-state index contributed by atoms with van der Waals surface area (Å²) in [5.41, 5.74) is 4.08. The van der Waals surface area contributed by atoms with Gasteiger partial charge in [0.15, 0.2) is 0 Å². The highest BCUT2D eigenvalue weighted by molar-refractivity contribution is 6.17. The Morgan fingerprint density at radius 1 is 0.781 bits per heavy atom. The molecule has 2 heterocycles. The predicted octanol–water partition coefficient (Wildman–Crippen LogP) is 5.45. The number of nitrogens with one attached hydrogen (secondary N) is 1. The van der Waals surface area contributed by atoms with Crippen molar-refractivity contribution in [3.8, 4) is 0 Å². The molecule has 3 aromatic carbocycles. The maximum absolute atomic E-state index is 13.3. The van der Waals surface area contributed by atoms with E-state index in [9.17, 15) is 9.59 Å². The number of amides is 1. The van der Waals surface area contributed by atoms with Gasteiger partial charge < -0.3 is 5.32 Å². The first-order valence-corrected chi connectivity index (χ1v) is 10.5. The van der Waals surface area contributed by atoms with E-state index in [-0.39, 0.29) is 11.8 Å². The van der Waals surface area contributed by atoms with Gasteiger partial charge in [0.25, 0.3) is 5.91 Å².